The van der Waals surface area contributed by atoms with E-state index in [1.807, 2.05) is 12.1 Å². The summed E-state index contributed by atoms with van der Waals surface area (Å²) in [6, 6.07) is 6.07. The first-order chi connectivity index (χ1) is 6.24. The molecule has 0 aliphatic heterocycles. The predicted molar refractivity (Wildman–Crippen MR) is 59.3 cm³/mol. The topological polar surface area (TPSA) is 9.23 Å². The zero-order chi connectivity index (χ0) is 9.68. The number of ether oxygens (including phenoxy) is 1. The second-order valence-electron chi connectivity index (χ2n) is 3.11. The number of hydrogen-bond donors (Lipinski definition) is 0. The lowest BCUT2D eigenvalue weighted by Crippen LogP contribution is -1.96. The molecular weight excluding hydrogens is 228 g/mol. The molecule has 0 spiro atoms. The van der Waals surface area contributed by atoms with Crippen LogP contribution >= 0.6 is 15.9 Å². The Kier molecular flexibility index (Phi) is 4.29. The fraction of sp³-hybridized carbons (Fsp3) is 0.455. The lowest BCUT2D eigenvalue weighted by molar-refractivity contribution is 0.309. The van der Waals surface area contributed by atoms with E-state index in [0.717, 1.165) is 23.2 Å². The van der Waals surface area contributed by atoms with E-state index in [2.05, 4.69) is 35.8 Å². The van der Waals surface area contributed by atoms with Gasteiger partial charge in [0, 0.05) is 4.47 Å². The molecule has 2 heteroatoms. The van der Waals surface area contributed by atoms with Gasteiger partial charge in [0.15, 0.2) is 0 Å². The Morgan fingerprint density at radius 1 is 1.38 bits per heavy atom. The smallest absolute Gasteiger partial charge is 0.119 e. The Bertz CT molecular complexity index is 271. The molecule has 1 aromatic carbocycles. The van der Waals surface area contributed by atoms with Gasteiger partial charge in [0.1, 0.15) is 5.75 Å². The highest BCUT2D eigenvalue weighted by Crippen LogP contribution is 2.21. The number of aryl methyl sites for hydroxylation is 1. The van der Waals surface area contributed by atoms with Gasteiger partial charge >= 0.3 is 0 Å². The minimum atomic E-state index is 0.817. The Hall–Kier alpha value is -0.500. The standard InChI is InChI=1S/C11H15BrO/c1-3-4-7-13-10-5-6-11(12)9(2)8-10/h5-6,8H,3-4,7H2,1-2H3. The van der Waals surface area contributed by atoms with Gasteiger partial charge < -0.3 is 4.74 Å². The molecule has 13 heavy (non-hydrogen) atoms. The minimum absolute atomic E-state index is 0.817. The fourth-order valence-electron chi connectivity index (χ4n) is 1.04. The molecule has 0 saturated carbocycles. The molecule has 0 amide bonds. The van der Waals surface area contributed by atoms with Crippen LogP contribution in [0.2, 0.25) is 0 Å². The van der Waals surface area contributed by atoms with Gasteiger partial charge in [-0.2, -0.15) is 0 Å². The van der Waals surface area contributed by atoms with Crippen molar-refractivity contribution in [2.75, 3.05) is 6.61 Å². The fourth-order valence-corrected chi connectivity index (χ4v) is 1.29. The van der Waals surface area contributed by atoms with Gasteiger partial charge in [0.05, 0.1) is 6.61 Å². The molecule has 0 aliphatic rings. The normalized spacial score (nSPS) is 10.1. The van der Waals surface area contributed by atoms with Crippen LogP contribution in [0.3, 0.4) is 0 Å². The van der Waals surface area contributed by atoms with E-state index in [9.17, 15) is 0 Å². The predicted octanol–water partition coefficient (Wildman–Crippen LogP) is 3.94. The second-order valence-corrected chi connectivity index (χ2v) is 3.97. The third-order valence-electron chi connectivity index (χ3n) is 1.90. The number of unbranched alkanes of at least 4 members (excludes halogenated alkanes) is 1. The number of benzene rings is 1. The van der Waals surface area contributed by atoms with Crippen LogP contribution in [0.1, 0.15) is 25.3 Å². The third-order valence-corrected chi connectivity index (χ3v) is 2.79. The molecule has 0 heterocycles. The summed E-state index contributed by atoms with van der Waals surface area (Å²) >= 11 is 3.46. The zero-order valence-corrected chi connectivity index (χ0v) is 9.73. The molecule has 0 atom stereocenters. The molecule has 1 rings (SSSR count). The highest BCUT2D eigenvalue weighted by atomic mass is 79.9. The maximum atomic E-state index is 5.56. The van der Waals surface area contributed by atoms with Crippen molar-refractivity contribution in [2.24, 2.45) is 0 Å². The summed E-state index contributed by atoms with van der Waals surface area (Å²) in [5.74, 6) is 0.967. The summed E-state index contributed by atoms with van der Waals surface area (Å²) in [5, 5.41) is 0. The van der Waals surface area contributed by atoms with Crippen molar-refractivity contribution < 1.29 is 4.74 Å². The van der Waals surface area contributed by atoms with Crippen molar-refractivity contribution in [3.63, 3.8) is 0 Å². The zero-order valence-electron chi connectivity index (χ0n) is 8.14. The van der Waals surface area contributed by atoms with E-state index in [1.165, 1.54) is 12.0 Å². The molecule has 0 saturated heterocycles. The van der Waals surface area contributed by atoms with E-state index in [1.54, 1.807) is 0 Å². The maximum Gasteiger partial charge on any atom is 0.119 e. The Morgan fingerprint density at radius 2 is 2.15 bits per heavy atom. The maximum absolute atomic E-state index is 5.56. The van der Waals surface area contributed by atoms with Crippen molar-refractivity contribution in [3.05, 3.63) is 28.2 Å². The molecule has 0 aromatic heterocycles. The van der Waals surface area contributed by atoms with Gasteiger partial charge in [0.25, 0.3) is 0 Å². The van der Waals surface area contributed by atoms with Crippen molar-refractivity contribution in [1.29, 1.82) is 0 Å². The number of halogens is 1. The molecule has 72 valence electrons. The largest absolute Gasteiger partial charge is 0.494 e. The summed E-state index contributed by atoms with van der Waals surface area (Å²) in [4.78, 5) is 0. The van der Waals surface area contributed by atoms with Crippen molar-refractivity contribution in [1.82, 2.24) is 0 Å². The van der Waals surface area contributed by atoms with Gasteiger partial charge in [-0.1, -0.05) is 29.3 Å². The van der Waals surface area contributed by atoms with Crippen LogP contribution < -0.4 is 4.74 Å². The highest BCUT2D eigenvalue weighted by Gasteiger charge is 1.97. The molecule has 0 bridgehead atoms. The second kappa shape index (κ2) is 5.28. The number of rotatable bonds is 4. The van der Waals surface area contributed by atoms with Crippen LogP contribution in [-0.4, -0.2) is 6.61 Å². The molecule has 0 aliphatic carbocycles. The average Bonchev–Trinajstić information content (AvgIpc) is 2.12. The Labute approximate surface area is 88.2 Å². The van der Waals surface area contributed by atoms with Crippen molar-refractivity contribution in [3.8, 4) is 5.75 Å². The van der Waals surface area contributed by atoms with Gasteiger partial charge in [-0.15, -0.1) is 0 Å². The lowest BCUT2D eigenvalue weighted by Gasteiger charge is -2.06. The van der Waals surface area contributed by atoms with Crippen molar-refractivity contribution >= 4 is 15.9 Å². The van der Waals surface area contributed by atoms with Gasteiger partial charge in [-0.3, -0.25) is 0 Å². The SMILES string of the molecule is CCCCOc1ccc(Br)c(C)c1. The third kappa shape index (κ3) is 3.39. The Morgan fingerprint density at radius 3 is 2.77 bits per heavy atom. The van der Waals surface area contributed by atoms with E-state index in [0.29, 0.717) is 0 Å². The molecule has 1 aromatic rings. The first-order valence-corrected chi connectivity index (χ1v) is 5.42. The molecule has 0 fully saturated rings. The van der Waals surface area contributed by atoms with Crippen LogP contribution in [0.25, 0.3) is 0 Å². The van der Waals surface area contributed by atoms with Gasteiger partial charge in [-0.25, -0.2) is 0 Å². The van der Waals surface area contributed by atoms with E-state index in [-0.39, 0.29) is 0 Å². The van der Waals surface area contributed by atoms with Crippen LogP contribution in [0.15, 0.2) is 22.7 Å². The van der Waals surface area contributed by atoms with Gasteiger partial charge in [0.2, 0.25) is 0 Å². The van der Waals surface area contributed by atoms with Crippen LogP contribution in [-0.2, 0) is 0 Å². The Balaban J connectivity index is 2.53. The number of hydrogen-bond acceptors (Lipinski definition) is 1. The van der Waals surface area contributed by atoms with Crippen LogP contribution in [0.5, 0.6) is 5.75 Å². The quantitative estimate of drug-likeness (QED) is 0.728. The average molecular weight is 243 g/mol. The first kappa shape index (κ1) is 10.6. The summed E-state index contributed by atoms with van der Waals surface area (Å²) in [5.41, 5.74) is 1.22. The van der Waals surface area contributed by atoms with E-state index < -0.39 is 0 Å². The van der Waals surface area contributed by atoms with Gasteiger partial charge in [-0.05, 0) is 37.1 Å². The first-order valence-electron chi connectivity index (χ1n) is 4.63. The van der Waals surface area contributed by atoms with Crippen LogP contribution in [0.4, 0.5) is 0 Å². The highest BCUT2D eigenvalue weighted by molar-refractivity contribution is 9.10. The van der Waals surface area contributed by atoms with Crippen LogP contribution in [0, 0.1) is 6.92 Å². The monoisotopic (exact) mass is 242 g/mol. The summed E-state index contributed by atoms with van der Waals surface area (Å²) in [6.45, 7) is 5.05. The molecule has 1 nitrogen and oxygen atoms in total. The molecule has 0 radical (unpaired) electrons. The van der Waals surface area contributed by atoms with Crippen molar-refractivity contribution in [2.45, 2.75) is 26.7 Å². The minimum Gasteiger partial charge on any atom is -0.494 e. The molecule has 0 unspecified atom stereocenters. The van der Waals surface area contributed by atoms with E-state index >= 15 is 0 Å². The molecular formula is C11H15BrO. The molecule has 0 N–H and O–H groups in total. The van der Waals surface area contributed by atoms with E-state index in [4.69, 9.17) is 4.74 Å². The summed E-state index contributed by atoms with van der Waals surface area (Å²) in [6.07, 6.45) is 2.30. The summed E-state index contributed by atoms with van der Waals surface area (Å²) < 4.78 is 6.70. The summed E-state index contributed by atoms with van der Waals surface area (Å²) in [7, 11) is 0. The lowest BCUT2D eigenvalue weighted by atomic mass is 10.2.